The number of nitrogens with two attached hydrogens (primary N) is 1. The fourth-order valence-electron chi connectivity index (χ4n) is 3.16. The topological polar surface area (TPSA) is 51.8 Å². The van der Waals surface area contributed by atoms with Gasteiger partial charge in [-0.15, -0.1) is 0 Å². The lowest BCUT2D eigenvalue weighted by Gasteiger charge is -2.14. The van der Waals surface area contributed by atoms with Crippen LogP contribution in [0.2, 0.25) is 0 Å². The molecule has 0 bridgehead atoms. The smallest absolute Gasteiger partial charge is 0.136 e. The van der Waals surface area contributed by atoms with E-state index in [9.17, 15) is 0 Å². The lowest BCUT2D eigenvalue weighted by atomic mass is 10.00. The zero-order valence-corrected chi connectivity index (χ0v) is 12.8. The van der Waals surface area contributed by atoms with Crippen molar-refractivity contribution < 1.29 is 0 Å². The van der Waals surface area contributed by atoms with Gasteiger partial charge in [-0.25, -0.2) is 9.97 Å². The van der Waals surface area contributed by atoms with Crippen molar-refractivity contribution in [2.24, 2.45) is 5.73 Å². The third-order valence-electron chi connectivity index (χ3n) is 4.36. The summed E-state index contributed by atoms with van der Waals surface area (Å²) in [4.78, 5) is 9.51. The molecule has 3 heteroatoms. The van der Waals surface area contributed by atoms with E-state index in [1.165, 1.54) is 11.1 Å². The van der Waals surface area contributed by atoms with E-state index in [1.807, 2.05) is 6.92 Å². The Morgan fingerprint density at radius 3 is 2.90 bits per heavy atom. The largest absolute Gasteiger partial charge is 0.327 e. The molecule has 1 aromatic heterocycles. The maximum Gasteiger partial charge on any atom is 0.136 e. The molecule has 2 aromatic rings. The first-order valence-electron chi connectivity index (χ1n) is 7.85. The molecular weight excluding hydrogens is 258 g/mol. The van der Waals surface area contributed by atoms with Gasteiger partial charge < -0.3 is 5.73 Å². The molecule has 2 atom stereocenters. The lowest BCUT2D eigenvalue weighted by molar-refractivity contribution is 0.625. The fraction of sp³-hybridized carbons (Fsp3) is 0.444. The van der Waals surface area contributed by atoms with Crippen LogP contribution in [-0.4, -0.2) is 16.0 Å². The zero-order valence-electron chi connectivity index (χ0n) is 12.8. The van der Waals surface area contributed by atoms with Gasteiger partial charge in [-0.1, -0.05) is 31.2 Å². The van der Waals surface area contributed by atoms with Crippen LogP contribution < -0.4 is 5.73 Å². The number of hydrogen-bond acceptors (Lipinski definition) is 3. The molecule has 2 unspecified atom stereocenters. The molecule has 0 saturated heterocycles. The second-order valence-corrected chi connectivity index (χ2v) is 6.02. The maximum atomic E-state index is 6.07. The van der Waals surface area contributed by atoms with Crippen LogP contribution in [0.15, 0.2) is 30.3 Å². The van der Waals surface area contributed by atoms with Gasteiger partial charge >= 0.3 is 0 Å². The molecule has 2 N–H and O–H groups in total. The minimum Gasteiger partial charge on any atom is -0.327 e. The number of rotatable bonds is 4. The second kappa shape index (κ2) is 5.94. The average Bonchev–Trinajstić information content (AvgIpc) is 2.90. The highest BCUT2D eigenvalue weighted by atomic mass is 14.9. The number of nitrogens with zero attached hydrogens (tertiary/aromatic N) is 2. The van der Waals surface area contributed by atoms with E-state index >= 15 is 0 Å². The molecule has 0 radical (unpaired) electrons. The quantitative estimate of drug-likeness (QED) is 0.936. The first kappa shape index (κ1) is 14.2. The summed E-state index contributed by atoms with van der Waals surface area (Å²) in [6.45, 7) is 4.17. The molecule has 1 heterocycles. The van der Waals surface area contributed by atoms with E-state index in [4.69, 9.17) is 15.7 Å². The van der Waals surface area contributed by atoms with Crippen molar-refractivity contribution >= 4 is 0 Å². The fourth-order valence-corrected chi connectivity index (χ4v) is 3.16. The van der Waals surface area contributed by atoms with Crippen molar-refractivity contribution in [2.75, 3.05) is 0 Å². The van der Waals surface area contributed by atoms with Gasteiger partial charge in [0.25, 0.3) is 0 Å². The standard InChI is InChI=1S/C18H23N3/c1-3-14(19)11-15-10-12(2)20-18(21-15)17-9-8-13-6-4-5-7-16(13)17/h4-7,10,14,17H,3,8-9,11,19H2,1-2H3. The molecule has 3 nitrogen and oxygen atoms in total. The molecular formula is C18H23N3. The lowest BCUT2D eigenvalue weighted by Crippen LogP contribution is -2.22. The van der Waals surface area contributed by atoms with Crippen LogP contribution in [-0.2, 0) is 12.8 Å². The van der Waals surface area contributed by atoms with Crippen molar-refractivity contribution in [1.82, 2.24) is 9.97 Å². The molecule has 0 aliphatic heterocycles. The molecule has 1 aliphatic carbocycles. The van der Waals surface area contributed by atoms with Crippen molar-refractivity contribution in [1.29, 1.82) is 0 Å². The van der Waals surface area contributed by atoms with Gasteiger partial charge in [0, 0.05) is 29.8 Å². The van der Waals surface area contributed by atoms with Crippen LogP contribution in [0, 0.1) is 6.92 Å². The summed E-state index contributed by atoms with van der Waals surface area (Å²) < 4.78 is 0. The maximum absolute atomic E-state index is 6.07. The summed E-state index contributed by atoms with van der Waals surface area (Å²) in [7, 11) is 0. The highest BCUT2D eigenvalue weighted by molar-refractivity contribution is 5.38. The molecule has 0 saturated carbocycles. The molecule has 21 heavy (non-hydrogen) atoms. The van der Waals surface area contributed by atoms with Crippen molar-refractivity contribution in [3.63, 3.8) is 0 Å². The number of benzene rings is 1. The monoisotopic (exact) mass is 281 g/mol. The Morgan fingerprint density at radius 1 is 1.29 bits per heavy atom. The number of hydrogen-bond donors (Lipinski definition) is 1. The van der Waals surface area contributed by atoms with Crippen molar-refractivity contribution in [3.8, 4) is 0 Å². The normalized spacial score (nSPS) is 18.5. The predicted molar refractivity (Wildman–Crippen MR) is 85.3 cm³/mol. The van der Waals surface area contributed by atoms with Crippen LogP contribution in [0.1, 0.15) is 54.0 Å². The number of fused-ring (bicyclic) bond motifs is 1. The third kappa shape index (κ3) is 2.98. The van der Waals surface area contributed by atoms with Crippen molar-refractivity contribution in [2.45, 2.75) is 51.5 Å². The third-order valence-corrected chi connectivity index (χ3v) is 4.36. The Kier molecular flexibility index (Phi) is 4.02. The van der Waals surface area contributed by atoms with Crippen LogP contribution in [0.5, 0.6) is 0 Å². The molecule has 0 fully saturated rings. The molecule has 0 amide bonds. The van der Waals surface area contributed by atoms with Crippen LogP contribution in [0.25, 0.3) is 0 Å². The van der Waals surface area contributed by atoms with E-state index in [0.29, 0.717) is 5.92 Å². The Labute approximate surface area is 126 Å². The van der Waals surface area contributed by atoms with Gasteiger partial charge in [0.05, 0.1) is 0 Å². The Hall–Kier alpha value is -1.74. The van der Waals surface area contributed by atoms with E-state index in [1.54, 1.807) is 0 Å². The first-order valence-corrected chi connectivity index (χ1v) is 7.85. The number of aryl methyl sites for hydroxylation is 2. The first-order chi connectivity index (χ1) is 10.2. The van der Waals surface area contributed by atoms with Gasteiger partial charge in [0.15, 0.2) is 0 Å². The zero-order chi connectivity index (χ0) is 14.8. The second-order valence-electron chi connectivity index (χ2n) is 6.02. The van der Waals surface area contributed by atoms with Gasteiger partial charge in [0.2, 0.25) is 0 Å². The molecule has 1 aliphatic rings. The van der Waals surface area contributed by atoms with Crippen LogP contribution >= 0.6 is 0 Å². The minimum absolute atomic E-state index is 0.183. The average molecular weight is 281 g/mol. The molecule has 1 aromatic carbocycles. The summed E-state index contributed by atoms with van der Waals surface area (Å²) in [6.07, 6.45) is 4.05. The highest BCUT2D eigenvalue weighted by Crippen LogP contribution is 2.36. The SMILES string of the molecule is CCC(N)Cc1cc(C)nc(C2CCc3ccccc32)n1. The van der Waals surface area contributed by atoms with Gasteiger partial charge in [-0.05, 0) is 43.4 Å². The van der Waals surface area contributed by atoms with Crippen LogP contribution in [0.3, 0.4) is 0 Å². The summed E-state index contributed by atoms with van der Waals surface area (Å²) in [5, 5.41) is 0. The summed E-state index contributed by atoms with van der Waals surface area (Å²) in [6, 6.07) is 10.9. The minimum atomic E-state index is 0.183. The Balaban J connectivity index is 1.93. The Morgan fingerprint density at radius 2 is 2.10 bits per heavy atom. The van der Waals surface area contributed by atoms with Gasteiger partial charge in [-0.2, -0.15) is 0 Å². The van der Waals surface area contributed by atoms with Gasteiger partial charge in [0.1, 0.15) is 5.82 Å². The molecule has 0 spiro atoms. The van der Waals surface area contributed by atoms with E-state index in [0.717, 1.165) is 42.9 Å². The molecule has 110 valence electrons. The van der Waals surface area contributed by atoms with Crippen LogP contribution in [0.4, 0.5) is 0 Å². The highest BCUT2D eigenvalue weighted by Gasteiger charge is 2.26. The van der Waals surface area contributed by atoms with Crippen molar-refractivity contribution in [3.05, 3.63) is 58.7 Å². The summed E-state index contributed by atoms with van der Waals surface area (Å²) in [5.41, 5.74) is 11.0. The van der Waals surface area contributed by atoms with E-state index in [-0.39, 0.29) is 6.04 Å². The summed E-state index contributed by atoms with van der Waals surface area (Å²) in [5.74, 6) is 1.32. The van der Waals surface area contributed by atoms with Gasteiger partial charge in [-0.3, -0.25) is 0 Å². The van der Waals surface area contributed by atoms with E-state index in [2.05, 4.69) is 37.3 Å². The molecule has 3 rings (SSSR count). The van der Waals surface area contributed by atoms with E-state index < -0.39 is 0 Å². The number of aromatic nitrogens is 2. The summed E-state index contributed by atoms with van der Waals surface area (Å²) >= 11 is 0. The Bertz CT molecular complexity index is 636. The predicted octanol–water partition coefficient (Wildman–Crippen LogP) is 3.14.